The number of carbonyl (C=O) groups is 1. The lowest BCUT2D eigenvalue weighted by Gasteiger charge is -2.20. The quantitative estimate of drug-likeness (QED) is 0.571. The fourth-order valence-corrected chi connectivity index (χ4v) is 2.98. The average molecular weight is 338 g/mol. The van der Waals surface area contributed by atoms with Gasteiger partial charge in [0.05, 0.1) is 17.3 Å². The Morgan fingerprint density at radius 2 is 2.09 bits per heavy atom. The number of benzene rings is 1. The first-order chi connectivity index (χ1) is 10.7. The third-order valence-corrected chi connectivity index (χ3v) is 4.48. The van der Waals surface area contributed by atoms with Crippen LogP contribution in [0.15, 0.2) is 41.8 Å². The highest BCUT2D eigenvalue weighted by Crippen LogP contribution is 2.21. The Labute approximate surface area is 137 Å². The van der Waals surface area contributed by atoms with Crippen LogP contribution >= 0.6 is 22.9 Å². The predicted molar refractivity (Wildman–Crippen MR) is 88.2 cm³/mol. The molecule has 0 aliphatic carbocycles. The third-order valence-electron chi connectivity index (χ3n) is 3.27. The van der Waals surface area contributed by atoms with E-state index in [1.807, 2.05) is 35.7 Å². The largest absolute Gasteiger partial charge is 0.366 e. The molecule has 5 N–H and O–H groups in total. The van der Waals surface area contributed by atoms with Crippen molar-refractivity contribution in [3.63, 3.8) is 0 Å². The van der Waals surface area contributed by atoms with Gasteiger partial charge >= 0.3 is 0 Å². The summed E-state index contributed by atoms with van der Waals surface area (Å²) in [6.07, 6.45) is -0.316. The van der Waals surface area contributed by atoms with Gasteiger partial charge in [0.25, 0.3) is 0 Å². The molecule has 1 aromatic heterocycles. The second-order valence-electron chi connectivity index (χ2n) is 4.79. The summed E-state index contributed by atoms with van der Waals surface area (Å²) in [7, 11) is 0. The summed E-state index contributed by atoms with van der Waals surface area (Å²) < 4.78 is 0. The van der Waals surface area contributed by atoms with Crippen molar-refractivity contribution >= 4 is 34.5 Å². The maximum atomic E-state index is 12.3. The number of hydrogen-bond donors (Lipinski definition) is 5. The van der Waals surface area contributed by atoms with E-state index in [1.54, 1.807) is 17.4 Å². The first-order valence-electron chi connectivity index (χ1n) is 6.81. The SMILES string of the molecule is O=C(NCc1cccs1)C1NNNC1Nc1ccccc1Cl. The summed E-state index contributed by atoms with van der Waals surface area (Å²) in [6, 6.07) is 10.9. The van der Waals surface area contributed by atoms with E-state index in [2.05, 4.69) is 27.0 Å². The van der Waals surface area contributed by atoms with Gasteiger partial charge < -0.3 is 10.6 Å². The van der Waals surface area contributed by atoms with Crippen LogP contribution in [0.4, 0.5) is 5.69 Å². The predicted octanol–water partition coefficient (Wildman–Crippen LogP) is 1.44. The lowest BCUT2D eigenvalue weighted by atomic mass is 10.2. The number of nitrogens with one attached hydrogen (secondary N) is 5. The molecule has 6 nitrogen and oxygen atoms in total. The Kier molecular flexibility index (Phi) is 4.91. The van der Waals surface area contributed by atoms with Crippen molar-refractivity contribution in [2.24, 2.45) is 0 Å². The number of hydrogen-bond acceptors (Lipinski definition) is 6. The van der Waals surface area contributed by atoms with E-state index in [1.165, 1.54) is 0 Å². The molecule has 1 amide bonds. The van der Waals surface area contributed by atoms with Crippen LogP contribution in [0.2, 0.25) is 5.02 Å². The van der Waals surface area contributed by atoms with Crippen molar-refractivity contribution in [2.75, 3.05) is 5.32 Å². The van der Waals surface area contributed by atoms with E-state index >= 15 is 0 Å². The molecular formula is C14H16ClN5OS. The summed E-state index contributed by atoms with van der Waals surface area (Å²) in [6.45, 7) is 0.521. The molecule has 1 aromatic carbocycles. The molecule has 0 radical (unpaired) electrons. The van der Waals surface area contributed by atoms with Crippen LogP contribution in [-0.2, 0) is 11.3 Å². The van der Waals surface area contributed by atoms with Gasteiger partial charge in [0.15, 0.2) is 0 Å². The van der Waals surface area contributed by atoms with Crippen LogP contribution in [0, 0.1) is 0 Å². The molecule has 0 bridgehead atoms. The number of hydrazine groups is 2. The van der Waals surface area contributed by atoms with Gasteiger partial charge in [-0.25, -0.2) is 10.9 Å². The van der Waals surface area contributed by atoms with E-state index in [9.17, 15) is 4.79 Å². The highest BCUT2D eigenvalue weighted by Gasteiger charge is 2.32. The molecule has 1 saturated heterocycles. The molecule has 3 rings (SSSR count). The summed E-state index contributed by atoms with van der Waals surface area (Å²) in [4.78, 5) is 13.4. The van der Waals surface area contributed by atoms with E-state index in [0.717, 1.165) is 10.6 Å². The Morgan fingerprint density at radius 1 is 1.23 bits per heavy atom. The Morgan fingerprint density at radius 3 is 2.86 bits per heavy atom. The van der Waals surface area contributed by atoms with Gasteiger partial charge in [-0.3, -0.25) is 4.79 Å². The molecule has 22 heavy (non-hydrogen) atoms. The van der Waals surface area contributed by atoms with Crippen molar-refractivity contribution < 1.29 is 4.79 Å². The number of carbonyl (C=O) groups excluding carboxylic acids is 1. The van der Waals surface area contributed by atoms with Gasteiger partial charge in [-0.15, -0.1) is 11.3 Å². The van der Waals surface area contributed by atoms with Crippen molar-refractivity contribution in [3.05, 3.63) is 51.7 Å². The first kappa shape index (κ1) is 15.3. The zero-order chi connectivity index (χ0) is 15.4. The molecule has 1 aliphatic heterocycles. The number of anilines is 1. The fraction of sp³-hybridized carbons (Fsp3) is 0.214. The number of para-hydroxylation sites is 1. The van der Waals surface area contributed by atoms with E-state index in [4.69, 9.17) is 11.6 Å². The smallest absolute Gasteiger partial charge is 0.242 e. The minimum Gasteiger partial charge on any atom is -0.366 e. The van der Waals surface area contributed by atoms with Crippen molar-refractivity contribution in [1.29, 1.82) is 0 Å². The van der Waals surface area contributed by atoms with Crippen LogP contribution in [0.1, 0.15) is 4.88 Å². The summed E-state index contributed by atoms with van der Waals surface area (Å²) in [5, 5.41) is 8.71. The number of thiophene rings is 1. The zero-order valence-electron chi connectivity index (χ0n) is 11.6. The highest BCUT2D eigenvalue weighted by atomic mass is 35.5. The van der Waals surface area contributed by atoms with Gasteiger partial charge in [0.1, 0.15) is 12.2 Å². The van der Waals surface area contributed by atoms with Gasteiger partial charge in [-0.05, 0) is 23.6 Å². The van der Waals surface area contributed by atoms with Crippen molar-refractivity contribution in [1.82, 2.24) is 21.7 Å². The minimum absolute atomic E-state index is 0.101. The van der Waals surface area contributed by atoms with Gasteiger partial charge in [-0.2, -0.15) is 5.53 Å². The number of amides is 1. The van der Waals surface area contributed by atoms with Crippen LogP contribution in [0.3, 0.4) is 0 Å². The molecule has 0 spiro atoms. The summed E-state index contributed by atoms with van der Waals surface area (Å²) in [5.74, 6) is -0.101. The third kappa shape index (κ3) is 3.57. The van der Waals surface area contributed by atoms with Crippen LogP contribution in [0.5, 0.6) is 0 Å². The standard InChI is InChI=1S/C14H16ClN5OS/c15-10-5-1-2-6-11(10)17-13-12(18-20-19-13)14(21)16-8-9-4-3-7-22-9/h1-7,12-13,17-20H,8H2,(H,16,21). The summed E-state index contributed by atoms with van der Waals surface area (Å²) in [5.41, 5.74) is 9.41. The topological polar surface area (TPSA) is 77.2 Å². The molecule has 2 atom stereocenters. The van der Waals surface area contributed by atoms with E-state index in [0.29, 0.717) is 11.6 Å². The minimum atomic E-state index is -0.462. The van der Waals surface area contributed by atoms with Crippen molar-refractivity contribution in [3.8, 4) is 0 Å². The van der Waals surface area contributed by atoms with Crippen molar-refractivity contribution in [2.45, 2.75) is 18.8 Å². The van der Waals surface area contributed by atoms with Crippen LogP contribution in [0.25, 0.3) is 0 Å². The molecule has 2 heterocycles. The normalized spacial score (nSPS) is 20.8. The van der Waals surface area contributed by atoms with Crippen LogP contribution in [-0.4, -0.2) is 18.1 Å². The fourth-order valence-electron chi connectivity index (χ4n) is 2.14. The Hall–Kier alpha value is -1.64. The molecule has 8 heteroatoms. The molecule has 1 aliphatic rings. The Bertz CT molecular complexity index is 636. The second-order valence-corrected chi connectivity index (χ2v) is 6.23. The molecule has 0 saturated carbocycles. The van der Waals surface area contributed by atoms with Gasteiger partial charge in [0.2, 0.25) is 5.91 Å². The monoisotopic (exact) mass is 337 g/mol. The molecule has 1 fully saturated rings. The molecular weight excluding hydrogens is 322 g/mol. The van der Waals surface area contributed by atoms with E-state index < -0.39 is 6.04 Å². The second kappa shape index (κ2) is 7.08. The van der Waals surface area contributed by atoms with Gasteiger partial charge in [0, 0.05) is 4.88 Å². The highest BCUT2D eigenvalue weighted by molar-refractivity contribution is 7.09. The van der Waals surface area contributed by atoms with E-state index in [-0.39, 0.29) is 12.1 Å². The maximum absolute atomic E-state index is 12.3. The van der Waals surface area contributed by atoms with Gasteiger partial charge in [-0.1, -0.05) is 29.8 Å². The molecule has 2 aromatic rings. The van der Waals surface area contributed by atoms with Crippen LogP contribution < -0.4 is 27.0 Å². The lowest BCUT2D eigenvalue weighted by molar-refractivity contribution is -0.123. The maximum Gasteiger partial charge on any atom is 0.242 e. The lowest BCUT2D eigenvalue weighted by Crippen LogP contribution is -2.50. The number of halogens is 1. The summed E-state index contributed by atoms with van der Waals surface area (Å²) >= 11 is 7.74. The molecule has 2 unspecified atom stereocenters. The first-order valence-corrected chi connectivity index (χ1v) is 8.07. The average Bonchev–Trinajstić information content (AvgIpc) is 3.18. The number of rotatable bonds is 5. The Balaban J connectivity index is 1.60. The zero-order valence-corrected chi connectivity index (χ0v) is 13.2. The molecule has 116 valence electrons.